The number of carboxylic acids is 1. The third-order valence-corrected chi connectivity index (χ3v) is 4.81. The molecular weight excluding hydrogens is 454 g/mol. The molecular formula is C22H14F6N2O3. The van der Waals surface area contributed by atoms with Crippen LogP contribution in [0.15, 0.2) is 61.1 Å². The van der Waals surface area contributed by atoms with Crippen LogP contribution in [0, 0.1) is 0 Å². The normalized spacial score (nSPS) is 12.9. The largest absolute Gasteiger partial charge is 0.478 e. The lowest BCUT2D eigenvalue weighted by Crippen LogP contribution is -2.18. The van der Waals surface area contributed by atoms with Gasteiger partial charge in [0.25, 0.3) is 0 Å². The molecule has 0 aliphatic rings. The molecule has 11 heteroatoms. The van der Waals surface area contributed by atoms with Crippen molar-refractivity contribution in [2.75, 3.05) is 0 Å². The van der Waals surface area contributed by atoms with Crippen molar-refractivity contribution in [3.8, 4) is 0 Å². The predicted octanol–water partition coefficient (Wildman–Crippen LogP) is 5.62. The fourth-order valence-corrected chi connectivity index (χ4v) is 3.22. The molecule has 0 spiro atoms. The predicted molar refractivity (Wildman–Crippen MR) is 103 cm³/mol. The minimum absolute atomic E-state index is 0.00268. The van der Waals surface area contributed by atoms with E-state index in [0.717, 1.165) is 48.9 Å². The zero-order valence-electron chi connectivity index (χ0n) is 16.5. The van der Waals surface area contributed by atoms with E-state index < -0.39 is 53.3 Å². The lowest BCUT2D eigenvalue weighted by Gasteiger charge is -2.21. The van der Waals surface area contributed by atoms with Gasteiger partial charge in [0.1, 0.15) is 0 Å². The van der Waals surface area contributed by atoms with E-state index in [0.29, 0.717) is 12.1 Å². The van der Waals surface area contributed by atoms with Gasteiger partial charge in [0.15, 0.2) is 5.78 Å². The highest BCUT2D eigenvalue weighted by Crippen LogP contribution is 2.39. The van der Waals surface area contributed by atoms with Crippen LogP contribution in [-0.2, 0) is 12.4 Å². The fraction of sp³-hybridized carbons (Fsp3) is 0.182. The molecule has 0 aliphatic carbocycles. The molecule has 0 unspecified atom stereocenters. The van der Waals surface area contributed by atoms with Crippen LogP contribution >= 0.6 is 0 Å². The third-order valence-electron chi connectivity index (χ3n) is 4.81. The van der Waals surface area contributed by atoms with Crippen LogP contribution in [0.5, 0.6) is 0 Å². The Hall–Kier alpha value is -3.76. The number of ketones is 1. The number of aromatic nitrogens is 2. The van der Waals surface area contributed by atoms with Crippen LogP contribution in [0.1, 0.15) is 55.4 Å². The molecule has 2 aromatic heterocycles. The number of alkyl halides is 6. The van der Waals surface area contributed by atoms with Crippen LogP contribution in [0.25, 0.3) is 0 Å². The summed E-state index contributed by atoms with van der Waals surface area (Å²) < 4.78 is 79.6. The molecule has 1 N–H and O–H groups in total. The second-order valence-corrected chi connectivity index (χ2v) is 7.00. The van der Waals surface area contributed by atoms with E-state index in [1.807, 2.05) is 0 Å². The van der Waals surface area contributed by atoms with Gasteiger partial charge in [-0.15, -0.1) is 0 Å². The minimum Gasteiger partial charge on any atom is -0.478 e. The van der Waals surface area contributed by atoms with E-state index in [1.54, 1.807) is 0 Å². The molecule has 1 aromatic carbocycles. The van der Waals surface area contributed by atoms with E-state index in [2.05, 4.69) is 9.97 Å². The first-order valence-electron chi connectivity index (χ1n) is 9.28. The zero-order chi connectivity index (χ0) is 24.4. The van der Waals surface area contributed by atoms with Crippen molar-refractivity contribution >= 4 is 11.8 Å². The van der Waals surface area contributed by atoms with E-state index >= 15 is 0 Å². The van der Waals surface area contributed by atoms with Gasteiger partial charge in [0.2, 0.25) is 0 Å². The van der Waals surface area contributed by atoms with Crippen molar-refractivity contribution in [1.29, 1.82) is 0 Å². The molecule has 0 aliphatic heterocycles. The molecule has 5 nitrogen and oxygen atoms in total. The standard InChI is InChI=1S/C22H14F6N2O3/c23-21(24,25)15-5-3-12(4-6-15)16(19-17(22(26,27)28)2-1-7-30-19)9-18(31)13-8-14(20(32)33)11-29-10-13/h1-8,10-11,16H,9H2,(H,32,33)/t16-/m0/s1. The number of aromatic carboxylic acids is 1. The summed E-state index contributed by atoms with van der Waals surface area (Å²) in [6.45, 7) is 0. The molecule has 172 valence electrons. The van der Waals surface area contributed by atoms with Gasteiger partial charge < -0.3 is 5.11 Å². The van der Waals surface area contributed by atoms with Gasteiger partial charge in [0.05, 0.1) is 22.4 Å². The Morgan fingerprint density at radius 3 is 2.12 bits per heavy atom. The van der Waals surface area contributed by atoms with E-state index in [4.69, 9.17) is 5.11 Å². The molecule has 0 radical (unpaired) electrons. The topological polar surface area (TPSA) is 80.1 Å². The number of pyridine rings is 2. The van der Waals surface area contributed by atoms with Crippen molar-refractivity contribution in [2.24, 2.45) is 0 Å². The Kier molecular flexibility index (Phi) is 6.52. The molecule has 3 rings (SSSR count). The summed E-state index contributed by atoms with van der Waals surface area (Å²) in [5.41, 5.74) is -3.16. The molecule has 0 fully saturated rings. The van der Waals surface area contributed by atoms with Gasteiger partial charge in [-0.3, -0.25) is 14.8 Å². The molecule has 3 aromatic rings. The summed E-state index contributed by atoms with van der Waals surface area (Å²) in [6.07, 6.45) is -6.97. The maximum absolute atomic E-state index is 13.6. The quantitative estimate of drug-likeness (QED) is 0.375. The SMILES string of the molecule is O=C(O)c1cncc(C(=O)C[C@@H](c2ccc(C(F)(F)F)cc2)c2ncccc2C(F)(F)F)c1. The van der Waals surface area contributed by atoms with E-state index in [-0.39, 0.29) is 16.7 Å². The lowest BCUT2D eigenvalue weighted by molar-refractivity contribution is -0.139. The maximum atomic E-state index is 13.6. The van der Waals surface area contributed by atoms with E-state index in [1.165, 1.54) is 0 Å². The summed E-state index contributed by atoms with van der Waals surface area (Å²) >= 11 is 0. The fourth-order valence-electron chi connectivity index (χ4n) is 3.22. The van der Waals surface area contributed by atoms with Gasteiger partial charge >= 0.3 is 18.3 Å². The number of Topliss-reactive ketones (excluding diaryl/α,β-unsaturated/α-hetero) is 1. The first-order chi connectivity index (χ1) is 15.4. The van der Waals surface area contributed by atoms with Crippen molar-refractivity contribution in [3.63, 3.8) is 0 Å². The van der Waals surface area contributed by atoms with Crippen molar-refractivity contribution in [3.05, 3.63) is 94.6 Å². The molecule has 33 heavy (non-hydrogen) atoms. The van der Waals surface area contributed by atoms with Crippen LogP contribution < -0.4 is 0 Å². The lowest BCUT2D eigenvalue weighted by atomic mass is 9.86. The Balaban J connectivity index is 2.08. The molecule has 1 atom stereocenters. The van der Waals surface area contributed by atoms with Gasteiger partial charge in [-0.2, -0.15) is 26.3 Å². The molecule has 0 saturated heterocycles. The highest BCUT2D eigenvalue weighted by atomic mass is 19.4. The second-order valence-electron chi connectivity index (χ2n) is 7.00. The number of nitrogens with zero attached hydrogens (tertiary/aromatic N) is 2. The summed E-state index contributed by atoms with van der Waals surface area (Å²) in [7, 11) is 0. The van der Waals surface area contributed by atoms with Crippen LogP contribution in [0.4, 0.5) is 26.3 Å². The highest BCUT2D eigenvalue weighted by Gasteiger charge is 2.37. The smallest absolute Gasteiger partial charge is 0.418 e. The molecule has 2 heterocycles. The number of carboxylic acid groups (broad SMARTS) is 1. The maximum Gasteiger partial charge on any atom is 0.418 e. The van der Waals surface area contributed by atoms with Crippen LogP contribution in [0.3, 0.4) is 0 Å². The number of benzene rings is 1. The van der Waals surface area contributed by atoms with E-state index in [9.17, 15) is 35.9 Å². The average molecular weight is 468 g/mol. The van der Waals surface area contributed by atoms with Crippen LogP contribution in [0.2, 0.25) is 0 Å². The number of hydrogen-bond acceptors (Lipinski definition) is 4. The molecule has 0 saturated carbocycles. The first-order valence-corrected chi connectivity index (χ1v) is 9.28. The average Bonchev–Trinajstić information content (AvgIpc) is 2.76. The summed E-state index contributed by atoms with van der Waals surface area (Å²) in [4.78, 5) is 31.4. The Morgan fingerprint density at radius 1 is 0.909 bits per heavy atom. The van der Waals surface area contributed by atoms with Gasteiger partial charge in [-0.25, -0.2) is 4.79 Å². The zero-order valence-corrected chi connectivity index (χ0v) is 16.5. The van der Waals surface area contributed by atoms with Gasteiger partial charge in [-0.05, 0) is 35.9 Å². The Bertz CT molecular complexity index is 1170. The first kappa shape index (κ1) is 23.9. The minimum atomic E-state index is -4.83. The van der Waals surface area contributed by atoms with Gasteiger partial charge in [-0.1, -0.05) is 12.1 Å². The number of carbonyl (C=O) groups excluding carboxylic acids is 1. The number of hydrogen-bond donors (Lipinski definition) is 1. The second kappa shape index (κ2) is 9.00. The Labute approximate surface area is 182 Å². The third kappa shape index (κ3) is 5.54. The molecule has 0 bridgehead atoms. The van der Waals surface area contributed by atoms with Crippen molar-refractivity contribution in [1.82, 2.24) is 9.97 Å². The van der Waals surface area contributed by atoms with Crippen LogP contribution in [-0.4, -0.2) is 26.8 Å². The number of rotatable bonds is 6. The summed E-state index contributed by atoms with van der Waals surface area (Å²) in [6, 6.07) is 6.22. The Morgan fingerprint density at radius 2 is 1.55 bits per heavy atom. The number of halogens is 6. The molecule has 0 amide bonds. The van der Waals surface area contributed by atoms with Crippen molar-refractivity contribution < 1.29 is 41.0 Å². The number of carbonyl (C=O) groups is 2. The summed E-state index contributed by atoms with van der Waals surface area (Å²) in [5.74, 6) is -3.47. The summed E-state index contributed by atoms with van der Waals surface area (Å²) in [5, 5.41) is 9.07. The monoisotopic (exact) mass is 468 g/mol. The van der Waals surface area contributed by atoms with Gasteiger partial charge in [0, 0.05) is 36.5 Å². The van der Waals surface area contributed by atoms with Crippen molar-refractivity contribution in [2.45, 2.75) is 24.7 Å². The highest BCUT2D eigenvalue weighted by molar-refractivity contribution is 5.99.